The molecule has 3 aromatic rings. The molecule has 1 atom stereocenters. The number of thioether (sulfide) groups is 1. The minimum atomic E-state index is -0.547. The predicted octanol–water partition coefficient (Wildman–Crippen LogP) is 3.48. The van der Waals surface area contributed by atoms with Gasteiger partial charge in [0.15, 0.2) is 5.16 Å². The first-order valence-corrected chi connectivity index (χ1v) is 12.2. The number of piperidine rings is 1. The summed E-state index contributed by atoms with van der Waals surface area (Å²) in [6, 6.07) is 7.72. The number of nitrogens with zero attached hydrogens (tertiary/aromatic N) is 3. The Morgan fingerprint density at radius 1 is 1.31 bits per heavy atom. The van der Waals surface area contributed by atoms with E-state index < -0.39 is 5.82 Å². The monoisotopic (exact) mass is 475 g/mol. The van der Waals surface area contributed by atoms with E-state index >= 15 is 0 Å². The number of carbonyl (C=O) groups is 2. The van der Waals surface area contributed by atoms with Crippen LogP contribution in [0.4, 0.5) is 4.39 Å². The fraction of sp³-hybridized carbons (Fsp3) is 0.364. The van der Waals surface area contributed by atoms with Crippen molar-refractivity contribution >= 4 is 45.2 Å². The molecule has 1 saturated heterocycles. The van der Waals surface area contributed by atoms with Gasteiger partial charge in [-0.1, -0.05) is 23.9 Å². The maximum atomic E-state index is 14.5. The van der Waals surface area contributed by atoms with Crippen LogP contribution in [0.3, 0.4) is 0 Å². The van der Waals surface area contributed by atoms with E-state index in [9.17, 15) is 18.8 Å². The van der Waals surface area contributed by atoms with Gasteiger partial charge in [-0.05, 0) is 43.3 Å². The third kappa shape index (κ3) is 4.56. The summed E-state index contributed by atoms with van der Waals surface area (Å²) < 4.78 is 21.3. The van der Waals surface area contributed by atoms with Crippen molar-refractivity contribution in [3.8, 4) is 5.69 Å². The average Bonchev–Trinajstić information content (AvgIpc) is 3.27. The largest absolute Gasteiger partial charge is 0.466 e. The molecule has 10 heteroatoms. The first-order chi connectivity index (χ1) is 15.5. The van der Waals surface area contributed by atoms with Crippen LogP contribution in [-0.2, 0) is 14.3 Å². The third-order valence-corrected chi connectivity index (χ3v) is 7.08. The Labute approximate surface area is 192 Å². The van der Waals surface area contributed by atoms with Gasteiger partial charge < -0.3 is 9.64 Å². The van der Waals surface area contributed by atoms with Crippen molar-refractivity contribution in [1.29, 1.82) is 0 Å². The Morgan fingerprint density at radius 2 is 2.12 bits per heavy atom. The number of carbonyl (C=O) groups excluding carboxylic acids is 2. The molecule has 4 rings (SSSR count). The van der Waals surface area contributed by atoms with Gasteiger partial charge in [0, 0.05) is 13.1 Å². The highest BCUT2D eigenvalue weighted by Crippen LogP contribution is 2.26. The second kappa shape index (κ2) is 9.83. The molecule has 1 aromatic carbocycles. The Hall–Kier alpha value is -2.72. The first-order valence-electron chi connectivity index (χ1n) is 10.3. The topological polar surface area (TPSA) is 81.5 Å². The van der Waals surface area contributed by atoms with E-state index in [2.05, 4.69) is 4.98 Å². The molecule has 168 valence electrons. The minimum absolute atomic E-state index is 0.0199. The van der Waals surface area contributed by atoms with E-state index in [-0.39, 0.29) is 40.0 Å². The Kier molecular flexibility index (Phi) is 6.90. The van der Waals surface area contributed by atoms with E-state index in [0.29, 0.717) is 36.3 Å². The fourth-order valence-corrected chi connectivity index (χ4v) is 5.38. The van der Waals surface area contributed by atoms with Crippen LogP contribution in [0.25, 0.3) is 15.9 Å². The standard InChI is InChI=1S/C22H22FN3O4S2/c1-2-30-21(29)14-6-5-10-25(12-14)18(27)13-32-22-24-16-9-11-31-19(16)20(28)26(22)17-8-4-3-7-15(17)23/h3-4,7-9,11,14H,2,5-6,10,12-13H2,1H3/t14-/m0/s1. The lowest BCUT2D eigenvalue weighted by Crippen LogP contribution is -2.43. The lowest BCUT2D eigenvalue weighted by molar-refractivity contribution is -0.151. The molecule has 1 amide bonds. The molecule has 1 aliphatic rings. The van der Waals surface area contributed by atoms with Crippen LogP contribution >= 0.6 is 23.1 Å². The van der Waals surface area contributed by atoms with E-state index in [1.807, 2.05) is 0 Å². The van der Waals surface area contributed by atoms with Crippen molar-refractivity contribution in [2.75, 3.05) is 25.4 Å². The number of hydrogen-bond acceptors (Lipinski definition) is 7. The number of aromatic nitrogens is 2. The molecule has 0 unspecified atom stereocenters. The number of ether oxygens (including phenoxy) is 1. The van der Waals surface area contributed by atoms with Gasteiger partial charge in [-0.25, -0.2) is 9.37 Å². The fourth-order valence-electron chi connectivity index (χ4n) is 3.71. The second-order valence-corrected chi connectivity index (χ2v) is 9.20. The highest BCUT2D eigenvalue weighted by Gasteiger charge is 2.29. The number of hydrogen-bond donors (Lipinski definition) is 0. The summed E-state index contributed by atoms with van der Waals surface area (Å²) in [7, 11) is 0. The number of amides is 1. The maximum absolute atomic E-state index is 14.5. The molecule has 0 aliphatic carbocycles. The van der Waals surface area contributed by atoms with Gasteiger partial charge in [0.25, 0.3) is 5.56 Å². The minimum Gasteiger partial charge on any atom is -0.466 e. The molecule has 1 aliphatic heterocycles. The van der Waals surface area contributed by atoms with E-state index in [4.69, 9.17) is 4.74 Å². The average molecular weight is 476 g/mol. The Bertz CT molecular complexity index is 1210. The molecule has 1 fully saturated rings. The molecule has 0 bridgehead atoms. The number of fused-ring (bicyclic) bond motifs is 1. The van der Waals surface area contributed by atoms with Crippen LogP contribution in [0, 0.1) is 11.7 Å². The van der Waals surface area contributed by atoms with Crippen molar-refractivity contribution in [2.24, 2.45) is 5.92 Å². The molecule has 0 spiro atoms. The molecule has 2 aromatic heterocycles. The van der Waals surface area contributed by atoms with Crippen molar-refractivity contribution < 1.29 is 18.7 Å². The smallest absolute Gasteiger partial charge is 0.310 e. The lowest BCUT2D eigenvalue weighted by Gasteiger charge is -2.31. The van der Waals surface area contributed by atoms with Crippen molar-refractivity contribution in [3.63, 3.8) is 0 Å². The second-order valence-electron chi connectivity index (χ2n) is 7.34. The van der Waals surface area contributed by atoms with Crippen molar-refractivity contribution in [3.05, 3.63) is 51.9 Å². The lowest BCUT2D eigenvalue weighted by atomic mass is 9.98. The van der Waals surface area contributed by atoms with E-state index in [1.165, 1.54) is 28.0 Å². The third-order valence-electron chi connectivity index (χ3n) is 5.26. The number of likely N-dealkylation sites (tertiary alicyclic amines) is 1. The molecule has 0 N–H and O–H groups in total. The van der Waals surface area contributed by atoms with Crippen LogP contribution < -0.4 is 5.56 Å². The molecule has 7 nitrogen and oxygen atoms in total. The number of esters is 1. The van der Waals surface area contributed by atoms with Crippen LogP contribution in [0.2, 0.25) is 0 Å². The predicted molar refractivity (Wildman–Crippen MR) is 122 cm³/mol. The number of rotatable bonds is 6. The maximum Gasteiger partial charge on any atom is 0.310 e. The summed E-state index contributed by atoms with van der Waals surface area (Å²) in [5.41, 5.74) is 0.240. The molecular weight excluding hydrogens is 453 g/mol. The number of benzene rings is 1. The zero-order valence-electron chi connectivity index (χ0n) is 17.5. The summed E-state index contributed by atoms with van der Waals surface area (Å²) in [5, 5.41) is 2.01. The first kappa shape index (κ1) is 22.5. The molecule has 3 heterocycles. The van der Waals surface area contributed by atoms with Crippen molar-refractivity contribution in [2.45, 2.75) is 24.9 Å². The summed E-state index contributed by atoms with van der Waals surface area (Å²) in [6.07, 6.45) is 1.41. The number of thiophene rings is 1. The van der Waals surface area contributed by atoms with Gasteiger partial charge in [0.1, 0.15) is 10.5 Å². The summed E-state index contributed by atoms with van der Waals surface area (Å²) in [5.74, 6) is -1.30. The molecular formula is C22H22FN3O4S2. The Morgan fingerprint density at radius 3 is 2.91 bits per heavy atom. The summed E-state index contributed by atoms with van der Waals surface area (Å²) in [4.78, 5) is 44.2. The van der Waals surface area contributed by atoms with Gasteiger partial charge >= 0.3 is 5.97 Å². The van der Waals surface area contributed by atoms with Gasteiger partial charge in [-0.15, -0.1) is 11.3 Å². The number of para-hydroxylation sites is 1. The van der Waals surface area contributed by atoms with Crippen LogP contribution in [0.15, 0.2) is 45.7 Å². The molecule has 0 radical (unpaired) electrons. The Balaban J connectivity index is 1.57. The highest BCUT2D eigenvalue weighted by atomic mass is 32.2. The van der Waals surface area contributed by atoms with E-state index in [1.54, 1.807) is 35.4 Å². The highest BCUT2D eigenvalue weighted by molar-refractivity contribution is 7.99. The molecule has 0 saturated carbocycles. The van der Waals surface area contributed by atoms with Crippen LogP contribution in [0.5, 0.6) is 0 Å². The summed E-state index contributed by atoms with van der Waals surface area (Å²) in [6.45, 7) is 2.94. The number of halogens is 1. The quantitative estimate of drug-likeness (QED) is 0.309. The van der Waals surface area contributed by atoms with Gasteiger partial charge in [-0.2, -0.15) is 0 Å². The van der Waals surface area contributed by atoms with E-state index in [0.717, 1.165) is 18.2 Å². The van der Waals surface area contributed by atoms with Gasteiger partial charge in [0.2, 0.25) is 5.91 Å². The molecule has 32 heavy (non-hydrogen) atoms. The zero-order chi connectivity index (χ0) is 22.7. The van der Waals surface area contributed by atoms with Crippen LogP contribution in [-0.4, -0.2) is 51.8 Å². The van der Waals surface area contributed by atoms with Gasteiger partial charge in [0.05, 0.1) is 29.5 Å². The van der Waals surface area contributed by atoms with Crippen molar-refractivity contribution in [1.82, 2.24) is 14.5 Å². The SMILES string of the molecule is CCOC(=O)[C@H]1CCCN(C(=O)CSc2nc3ccsc3c(=O)n2-c2ccccc2F)C1. The summed E-state index contributed by atoms with van der Waals surface area (Å²) >= 11 is 2.33. The zero-order valence-corrected chi connectivity index (χ0v) is 19.1. The normalized spacial score (nSPS) is 16.3. The van der Waals surface area contributed by atoms with Crippen LogP contribution in [0.1, 0.15) is 19.8 Å². The van der Waals surface area contributed by atoms with Gasteiger partial charge in [-0.3, -0.25) is 19.0 Å².